The van der Waals surface area contributed by atoms with E-state index in [-0.39, 0.29) is 24.3 Å². The van der Waals surface area contributed by atoms with Crippen molar-refractivity contribution in [2.75, 3.05) is 12.4 Å². The first-order valence-electron chi connectivity index (χ1n) is 7.01. The van der Waals surface area contributed by atoms with E-state index in [1.807, 2.05) is 30.3 Å². The smallest absolute Gasteiger partial charge is 0.252 e. The third kappa shape index (κ3) is 2.65. The van der Waals surface area contributed by atoms with Gasteiger partial charge in [-0.05, 0) is 23.8 Å². The second-order valence-corrected chi connectivity index (χ2v) is 5.07. The highest BCUT2D eigenvalue weighted by molar-refractivity contribution is 6.00. The zero-order valence-corrected chi connectivity index (χ0v) is 12.1. The van der Waals surface area contributed by atoms with Gasteiger partial charge in [-0.15, -0.1) is 0 Å². The minimum Gasteiger partial charge on any atom is -0.495 e. The first-order chi connectivity index (χ1) is 10.7. The van der Waals surface area contributed by atoms with Gasteiger partial charge in [0, 0.05) is 5.56 Å². The van der Waals surface area contributed by atoms with E-state index in [9.17, 15) is 9.59 Å². The Morgan fingerprint density at radius 1 is 1.18 bits per heavy atom. The fourth-order valence-corrected chi connectivity index (χ4v) is 2.62. The average Bonchev–Trinajstić information content (AvgIpc) is 2.84. The molecule has 2 amide bonds. The first-order valence-corrected chi connectivity index (χ1v) is 7.01. The Morgan fingerprint density at radius 2 is 1.91 bits per heavy atom. The number of anilines is 1. The molecule has 2 aromatic carbocycles. The highest BCUT2D eigenvalue weighted by Gasteiger charge is 2.29. The predicted molar refractivity (Wildman–Crippen MR) is 82.9 cm³/mol. The van der Waals surface area contributed by atoms with Crippen molar-refractivity contribution < 1.29 is 14.3 Å². The van der Waals surface area contributed by atoms with Crippen LogP contribution in [-0.4, -0.2) is 18.9 Å². The van der Waals surface area contributed by atoms with Gasteiger partial charge in [0.1, 0.15) is 5.75 Å². The number of carbonyl (C=O) groups excluding carboxylic acids is 2. The number of para-hydroxylation sites is 2. The molecule has 1 heterocycles. The molecule has 0 bridgehead atoms. The Morgan fingerprint density at radius 3 is 2.73 bits per heavy atom. The Labute approximate surface area is 128 Å². The number of hydrogen-bond donors (Lipinski definition) is 2. The maximum absolute atomic E-state index is 12.2. The van der Waals surface area contributed by atoms with Gasteiger partial charge in [0.2, 0.25) is 5.91 Å². The zero-order valence-electron chi connectivity index (χ0n) is 12.1. The minimum absolute atomic E-state index is 0.134. The molecule has 0 radical (unpaired) electrons. The summed E-state index contributed by atoms with van der Waals surface area (Å²) in [6.07, 6.45) is 0.181. The summed E-state index contributed by atoms with van der Waals surface area (Å²) in [5.41, 5.74) is 2.12. The summed E-state index contributed by atoms with van der Waals surface area (Å²) in [6, 6.07) is 14.2. The summed E-state index contributed by atoms with van der Waals surface area (Å²) in [5, 5.41) is 5.65. The third-order valence-corrected chi connectivity index (χ3v) is 3.66. The molecule has 1 aliphatic rings. The van der Waals surface area contributed by atoms with Crippen LogP contribution in [0.1, 0.15) is 28.4 Å². The van der Waals surface area contributed by atoms with Gasteiger partial charge in [-0.25, -0.2) is 0 Å². The first kappa shape index (κ1) is 14.1. The SMILES string of the molecule is COc1ccccc1NC(=O)C[C@@H]1NC(=O)c2ccccc21. The maximum atomic E-state index is 12.2. The summed E-state index contributed by atoms with van der Waals surface area (Å²) in [6.45, 7) is 0. The second-order valence-electron chi connectivity index (χ2n) is 5.07. The van der Waals surface area contributed by atoms with Crippen LogP contribution in [0.2, 0.25) is 0 Å². The van der Waals surface area contributed by atoms with Crippen LogP contribution < -0.4 is 15.4 Å². The fraction of sp³-hybridized carbons (Fsp3) is 0.176. The van der Waals surface area contributed by atoms with Crippen molar-refractivity contribution in [3.63, 3.8) is 0 Å². The lowest BCUT2D eigenvalue weighted by atomic mass is 10.0. The summed E-state index contributed by atoms with van der Waals surface area (Å²) >= 11 is 0. The number of nitrogens with one attached hydrogen (secondary N) is 2. The van der Waals surface area contributed by atoms with Crippen molar-refractivity contribution >= 4 is 17.5 Å². The van der Waals surface area contributed by atoms with Gasteiger partial charge < -0.3 is 15.4 Å². The molecule has 0 saturated heterocycles. The summed E-state index contributed by atoms with van der Waals surface area (Å²) < 4.78 is 5.21. The van der Waals surface area contributed by atoms with E-state index in [0.29, 0.717) is 17.0 Å². The summed E-state index contributed by atoms with van der Waals surface area (Å²) in [7, 11) is 1.55. The van der Waals surface area contributed by atoms with Crippen molar-refractivity contribution in [2.45, 2.75) is 12.5 Å². The minimum atomic E-state index is -0.293. The van der Waals surface area contributed by atoms with E-state index in [1.54, 1.807) is 25.3 Å². The second kappa shape index (κ2) is 5.89. The number of fused-ring (bicyclic) bond motifs is 1. The molecule has 0 fully saturated rings. The molecule has 22 heavy (non-hydrogen) atoms. The van der Waals surface area contributed by atoms with Gasteiger partial charge in [0.15, 0.2) is 0 Å². The van der Waals surface area contributed by atoms with Crippen LogP contribution in [0.4, 0.5) is 5.69 Å². The Bertz CT molecular complexity index is 727. The van der Waals surface area contributed by atoms with Crippen molar-refractivity contribution in [3.8, 4) is 5.75 Å². The Hall–Kier alpha value is -2.82. The van der Waals surface area contributed by atoms with Crippen LogP contribution in [-0.2, 0) is 4.79 Å². The van der Waals surface area contributed by atoms with Crippen LogP contribution >= 0.6 is 0 Å². The highest BCUT2D eigenvalue weighted by atomic mass is 16.5. The maximum Gasteiger partial charge on any atom is 0.252 e. The van der Waals surface area contributed by atoms with Crippen LogP contribution in [0.15, 0.2) is 48.5 Å². The molecule has 0 saturated carbocycles. The lowest BCUT2D eigenvalue weighted by molar-refractivity contribution is -0.116. The molecular formula is C17H16N2O3. The molecule has 0 aromatic heterocycles. The molecule has 5 heteroatoms. The average molecular weight is 296 g/mol. The lowest BCUT2D eigenvalue weighted by Crippen LogP contribution is -2.24. The standard InChI is InChI=1S/C17H16N2O3/c1-22-15-9-5-4-8-13(15)18-16(20)10-14-11-6-2-3-7-12(11)17(21)19-14/h2-9,14H,10H2,1H3,(H,18,20)(H,19,21)/t14-/m0/s1. The number of methoxy groups -OCH3 is 1. The van der Waals surface area contributed by atoms with E-state index >= 15 is 0 Å². The van der Waals surface area contributed by atoms with Crippen LogP contribution in [0.25, 0.3) is 0 Å². The van der Waals surface area contributed by atoms with Crippen LogP contribution in [0.5, 0.6) is 5.75 Å². The Kier molecular flexibility index (Phi) is 3.78. The number of rotatable bonds is 4. The van der Waals surface area contributed by atoms with Crippen molar-refractivity contribution in [2.24, 2.45) is 0 Å². The predicted octanol–water partition coefficient (Wildman–Crippen LogP) is 2.51. The highest BCUT2D eigenvalue weighted by Crippen LogP contribution is 2.29. The largest absolute Gasteiger partial charge is 0.495 e. The van der Waals surface area contributed by atoms with Crippen molar-refractivity contribution in [1.29, 1.82) is 0 Å². The Balaban J connectivity index is 1.72. The van der Waals surface area contributed by atoms with E-state index < -0.39 is 0 Å². The van der Waals surface area contributed by atoms with E-state index in [4.69, 9.17) is 4.74 Å². The van der Waals surface area contributed by atoms with Crippen LogP contribution in [0.3, 0.4) is 0 Å². The number of ether oxygens (including phenoxy) is 1. The molecule has 0 unspecified atom stereocenters. The quantitative estimate of drug-likeness (QED) is 0.911. The summed E-state index contributed by atoms with van der Waals surface area (Å²) in [4.78, 5) is 24.1. The molecule has 0 spiro atoms. The van der Waals surface area contributed by atoms with Gasteiger partial charge in [0.25, 0.3) is 5.91 Å². The molecule has 5 nitrogen and oxygen atoms in total. The topological polar surface area (TPSA) is 67.4 Å². The van der Waals surface area contributed by atoms with Crippen molar-refractivity contribution in [3.05, 3.63) is 59.7 Å². The van der Waals surface area contributed by atoms with Crippen LogP contribution in [0, 0.1) is 0 Å². The molecule has 0 aliphatic carbocycles. The molecular weight excluding hydrogens is 280 g/mol. The van der Waals surface area contributed by atoms with Gasteiger partial charge in [-0.2, -0.15) is 0 Å². The molecule has 112 valence electrons. The normalized spacial score (nSPS) is 15.9. The molecule has 2 N–H and O–H groups in total. The number of amides is 2. The van der Waals surface area contributed by atoms with Gasteiger partial charge in [-0.1, -0.05) is 30.3 Å². The summed E-state index contributed by atoms with van der Waals surface area (Å²) in [5.74, 6) is 0.295. The van der Waals surface area contributed by atoms with E-state index in [0.717, 1.165) is 5.56 Å². The third-order valence-electron chi connectivity index (χ3n) is 3.66. The van der Waals surface area contributed by atoms with Gasteiger partial charge in [0.05, 0.1) is 25.3 Å². The molecule has 1 atom stereocenters. The molecule has 1 aliphatic heterocycles. The number of carbonyl (C=O) groups is 2. The number of benzene rings is 2. The fourth-order valence-electron chi connectivity index (χ4n) is 2.62. The van der Waals surface area contributed by atoms with E-state index in [1.165, 1.54) is 0 Å². The van der Waals surface area contributed by atoms with Gasteiger partial charge in [-0.3, -0.25) is 9.59 Å². The van der Waals surface area contributed by atoms with Gasteiger partial charge >= 0.3 is 0 Å². The number of hydrogen-bond acceptors (Lipinski definition) is 3. The molecule has 3 rings (SSSR count). The van der Waals surface area contributed by atoms with Crippen molar-refractivity contribution in [1.82, 2.24) is 5.32 Å². The molecule has 2 aromatic rings. The van der Waals surface area contributed by atoms with E-state index in [2.05, 4.69) is 10.6 Å². The lowest BCUT2D eigenvalue weighted by Gasteiger charge is -2.13. The monoisotopic (exact) mass is 296 g/mol. The zero-order chi connectivity index (χ0) is 15.5.